The maximum atomic E-state index is 12.7. The largest absolute Gasteiger partial charge is 0.469 e. The molecule has 1 N–H and O–H groups in total. The summed E-state index contributed by atoms with van der Waals surface area (Å²) in [6.45, 7) is 8.03. The van der Waals surface area contributed by atoms with Crippen molar-refractivity contribution in [1.29, 1.82) is 0 Å². The number of aliphatic hydroxyl groups is 1. The lowest BCUT2D eigenvalue weighted by Gasteiger charge is -2.55. The number of rotatable bonds is 2. The van der Waals surface area contributed by atoms with E-state index in [2.05, 4.69) is 26.8 Å². The van der Waals surface area contributed by atoms with Gasteiger partial charge in [0.1, 0.15) is 0 Å². The Labute approximate surface area is 148 Å². The van der Waals surface area contributed by atoms with E-state index in [0.717, 1.165) is 24.0 Å². The second kappa shape index (κ2) is 5.87. The van der Waals surface area contributed by atoms with Gasteiger partial charge in [-0.2, -0.15) is 0 Å². The van der Waals surface area contributed by atoms with Gasteiger partial charge in [-0.3, -0.25) is 4.79 Å². The zero-order chi connectivity index (χ0) is 19.5. The third-order valence-electron chi connectivity index (χ3n) is 6.29. The van der Waals surface area contributed by atoms with Gasteiger partial charge in [0, 0.05) is 2.74 Å². The molecular formula is C21H30O3. The van der Waals surface area contributed by atoms with Crippen LogP contribution < -0.4 is 0 Å². The second-order valence-corrected chi connectivity index (χ2v) is 8.18. The van der Waals surface area contributed by atoms with Crippen molar-refractivity contribution >= 4 is 5.97 Å². The summed E-state index contributed by atoms with van der Waals surface area (Å²) in [6.07, 6.45) is -0.969. The third-order valence-corrected chi connectivity index (χ3v) is 6.29. The van der Waals surface area contributed by atoms with E-state index in [1.807, 2.05) is 12.1 Å². The van der Waals surface area contributed by atoms with Crippen molar-refractivity contribution in [3.05, 3.63) is 34.9 Å². The van der Waals surface area contributed by atoms with Crippen LogP contribution in [0.4, 0.5) is 0 Å². The number of hydrogen-bond acceptors (Lipinski definition) is 3. The molecule has 4 atom stereocenters. The molecule has 0 aromatic heterocycles. The second-order valence-electron chi connectivity index (χ2n) is 8.18. The van der Waals surface area contributed by atoms with E-state index >= 15 is 0 Å². The zero-order valence-electron chi connectivity index (χ0n) is 17.3. The first-order valence-electron chi connectivity index (χ1n) is 9.91. The van der Waals surface area contributed by atoms with Crippen LogP contribution in [0.25, 0.3) is 0 Å². The number of aliphatic hydroxyl groups excluding tert-OH is 1. The summed E-state index contributed by atoms with van der Waals surface area (Å²) in [4.78, 5) is 12.7. The van der Waals surface area contributed by atoms with Crippen LogP contribution in [0, 0.1) is 11.3 Å². The van der Waals surface area contributed by atoms with Gasteiger partial charge in [-0.15, -0.1) is 0 Å². The highest BCUT2D eigenvalue weighted by atomic mass is 16.5. The molecule has 132 valence electrons. The normalized spacial score (nSPS) is 38.6. The van der Waals surface area contributed by atoms with Gasteiger partial charge >= 0.3 is 5.97 Å². The Balaban J connectivity index is 2.26. The van der Waals surface area contributed by atoms with Gasteiger partial charge in [-0.1, -0.05) is 45.4 Å². The quantitative estimate of drug-likeness (QED) is 0.812. The van der Waals surface area contributed by atoms with Crippen LogP contribution in [0.2, 0.25) is 0 Å². The predicted octanol–water partition coefficient (Wildman–Crippen LogP) is 4.48. The van der Waals surface area contributed by atoms with E-state index in [-0.39, 0.29) is 5.97 Å². The number of methoxy groups -OCH3 is 1. The minimum Gasteiger partial charge on any atom is -0.469 e. The molecule has 0 amide bonds. The number of ether oxygens (including phenoxy) is 1. The molecule has 0 heterocycles. The number of carbonyl (C=O) groups is 1. The molecule has 2 aliphatic carbocycles. The summed E-state index contributed by atoms with van der Waals surface area (Å²) in [5, 5.41) is 11.0. The van der Waals surface area contributed by atoms with Crippen molar-refractivity contribution in [1.82, 2.24) is 0 Å². The molecule has 0 spiro atoms. The van der Waals surface area contributed by atoms with Gasteiger partial charge in [0.15, 0.2) is 0 Å². The topological polar surface area (TPSA) is 46.5 Å². The smallest absolute Gasteiger partial charge is 0.311 e. The molecule has 0 aliphatic heterocycles. The minimum absolute atomic E-state index is 0.301. The summed E-state index contributed by atoms with van der Waals surface area (Å²) < 4.78 is 22.7. The fourth-order valence-electron chi connectivity index (χ4n) is 4.86. The molecule has 0 radical (unpaired) electrons. The molecular weight excluding hydrogens is 300 g/mol. The van der Waals surface area contributed by atoms with Crippen LogP contribution in [0.5, 0.6) is 0 Å². The average Bonchev–Trinajstić information content (AvgIpc) is 2.58. The number of esters is 1. The molecule has 1 unspecified atom stereocenters. The molecule has 1 saturated carbocycles. The lowest BCUT2D eigenvalue weighted by Crippen LogP contribution is -2.53. The first-order chi connectivity index (χ1) is 12.0. The fraction of sp³-hybridized carbons (Fsp3) is 0.667. The van der Waals surface area contributed by atoms with Crippen molar-refractivity contribution < 1.29 is 17.4 Å². The summed E-state index contributed by atoms with van der Waals surface area (Å²) in [6, 6.07) is 6.07. The Kier molecular flexibility index (Phi) is 3.66. The fourth-order valence-corrected chi connectivity index (χ4v) is 4.86. The first kappa shape index (κ1) is 14.9. The molecule has 3 heteroatoms. The van der Waals surface area contributed by atoms with Crippen molar-refractivity contribution in [3.8, 4) is 0 Å². The van der Waals surface area contributed by atoms with Gasteiger partial charge in [-0.25, -0.2) is 0 Å². The standard InChI is InChI=1S/C21H30O3/c1-13(2)14-7-8-16-15(11-14)17(22)12-18-20(16,3)9-6-10-21(18,4)19(23)24-5/h7-8,11,13,17-18,22H,6,9-10,12H2,1-5H3/t17-,18?,20-,21-/m1/s1/i12D2. The van der Waals surface area contributed by atoms with Crippen LogP contribution in [0.3, 0.4) is 0 Å². The number of hydrogen-bond donors (Lipinski definition) is 1. The molecule has 2 aliphatic rings. The van der Waals surface area contributed by atoms with Gasteiger partial charge < -0.3 is 9.84 Å². The summed E-state index contributed by atoms with van der Waals surface area (Å²) in [5.41, 5.74) is 1.26. The maximum absolute atomic E-state index is 12.7. The molecule has 3 rings (SSSR count). The van der Waals surface area contributed by atoms with Crippen LogP contribution in [0.15, 0.2) is 18.2 Å². The van der Waals surface area contributed by atoms with E-state index in [0.29, 0.717) is 17.9 Å². The lowest BCUT2D eigenvalue weighted by molar-refractivity contribution is -0.162. The van der Waals surface area contributed by atoms with E-state index in [1.165, 1.54) is 7.11 Å². The predicted molar refractivity (Wildman–Crippen MR) is 94.9 cm³/mol. The van der Waals surface area contributed by atoms with Crippen LogP contribution in [-0.4, -0.2) is 18.2 Å². The number of benzene rings is 1. The molecule has 1 aromatic rings. The van der Waals surface area contributed by atoms with Gasteiger partial charge in [0.05, 0.1) is 18.6 Å². The zero-order valence-corrected chi connectivity index (χ0v) is 15.3. The van der Waals surface area contributed by atoms with Crippen molar-refractivity contribution in [2.24, 2.45) is 11.3 Å². The molecule has 0 bridgehead atoms. The first-order valence-corrected chi connectivity index (χ1v) is 8.91. The third kappa shape index (κ3) is 2.40. The van der Waals surface area contributed by atoms with Crippen molar-refractivity contribution in [2.45, 2.75) is 70.8 Å². The Bertz CT molecular complexity index is 730. The van der Waals surface area contributed by atoms with E-state index in [1.54, 1.807) is 6.92 Å². The van der Waals surface area contributed by atoms with E-state index in [9.17, 15) is 9.90 Å². The summed E-state index contributed by atoms with van der Waals surface area (Å²) in [7, 11) is 1.36. The Morgan fingerprint density at radius 3 is 2.71 bits per heavy atom. The average molecular weight is 332 g/mol. The molecule has 1 aromatic carbocycles. The Hall–Kier alpha value is -1.35. The number of carbonyl (C=O) groups excluding carboxylic acids is 1. The number of fused-ring (bicyclic) bond motifs is 3. The summed E-state index contributed by atoms with van der Waals surface area (Å²) >= 11 is 0. The Morgan fingerprint density at radius 1 is 1.38 bits per heavy atom. The highest BCUT2D eigenvalue weighted by Gasteiger charge is 2.57. The molecule has 1 fully saturated rings. The highest BCUT2D eigenvalue weighted by Crippen LogP contribution is 2.59. The monoisotopic (exact) mass is 332 g/mol. The van der Waals surface area contributed by atoms with Crippen molar-refractivity contribution in [2.75, 3.05) is 7.11 Å². The maximum Gasteiger partial charge on any atom is 0.311 e. The highest BCUT2D eigenvalue weighted by molar-refractivity contribution is 5.77. The minimum atomic E-state index is -1.92. The lowest BCUT2D eigenvalue weighted by atomic mass is 9.49. The molecule has 3 nitrogen and oxygen atoms in total. The van der Waals surface area contributed by atoms with Gasteiger partial charge in [0.2, 0.25) is 0 Å². The SMILES string of the molecule is [2H]C1([2H])C2[C@](C)(C(=O)OC)CCC[C@]2(C)c2ccc(C(C)C)cc2[C@@H]1O. The van der Waals surface area contributed by atoms with Crippen LogP contribution in [-0.2, 0) is 14.9 Å². The van der Waals surface area contributed by atoms with Crippen molar-refractivity contribution in [3.63, 3.8) is 0 Å². The van der Waals surface area contributed by atoms with E-state index in [4.69, 9.17) is 7.48 Å². The Morgan fingerprint density at radius 2 is 2.08 bits per heavy atom. The molecule has 24 heavy (non-hydrogen) atoms. The van der Waals surface area contributed by atoms with Gasteiger partial charge in [0.25, 0.3) is 0 Å². The molecule has 0 saturated heterocycles. The van der Waals surface area contributed by atoms with Crippen LogP contribution >= 0.6 is 0 Å². The van der Waals surface area contributed by atoms with E-state index < -0.39 is 29.2 Å². The van der Waals surface area contributed by atoms with Gasteiger partial charge in [-0.05, 0) is 60.1 Å². The summed E-state index contributed by atoms with van der Waals surface area (Å²) in [5.74, 6) is -0.724. The van der Waals surface area contributed by atoms with Crippen LogP contribution in [0.1, 0.15) is 84.8 Å².